The van der Waals surface area contributed by atoms with Gasteiger partial charge in [-0.2, -0.15) is 4.57 Å². The number of rotatable bonds is 1. The van der Waals surface area contributed by atoms with E-state index in [0.717, 1.165) is 0 Å². The van der Waals surface area contributed by atoms with Crippen molar-refractivity contribution < 1.29 is 14.8 Å². The lowest BCUT2D eigenvalue weighted by atomic mass is 10.2. The molecule has 2 N–H and O–H groups in total. The molecule has 0 saturated heterocycles. The summed E-state index contributed by atoms with van der Waals surface area (Å²) in [6, 6.07) is 5.64. The molecular weight excluding hydrogens is 418 g/mol. The van der Waals surface area contributed by atoms with Crippen molar-refractivity contribution in [3.05, 3.63) is 44.0 Å². The van der Waals surface area contributed by atoms with Crippen LogP contribution in [0.1, 0.15) is 0 Å². The van der Waals surface area contributed by atoms with Crippen molar-refractivity contribution in [2.75, 3.05) is 0 Å². The lowest BCUT2D eigenvalue weighted by Gasteiger charge is -2.08. The first-order valence-electron chi connectivity index (χ1n) is 4.59. The summed E-state index contributed by atoms with van der Waals surface area (Å²) in [5.41, 5.74) is 0.702. The summed E-state index contributed by atoms with van der Waals surface area (Å²) < 4.78 is 3.29. The highest BCUT2D eigenvalue weighted by molar-refractivity contribution is 9.13. The second kappa shape index (κ2) is 4.96. The van der Waals surface area contributed by atoms with Gasteiger partial charge in [-0.1, -0.05) is 6.07 Å². The quantitative estimate of drug-likeness (QED) is 0.417. The minimum atomic E-state index is -0.205. The van der Waals surface area contributed by atoms with Crippen LogP contribution in [0.2, 0.25) is 0 Å². The smallest absolute Gasteiger partial charge is 0.244 e. The standard InChI is InChI=1S/C11H6Br3NO2/c12-6-7(13)10(16)11(17)8(14)9(6)15-4-2-1-3-5-15/h1-5H,(H-,16,17)/p+1. The largest absolute Gasteiger partial charge is 0.503 e. The Kier molecular flexibility index (Phi) is 3.75. The first kappa shape index (κ1) is 12.9. The maximum absolute atomic E-state index is 9.79. The zero-order valence-corrected chi connectivity index (χ0v) is 13.1. The van der Waals surface area contributed by atoms with Crippen molar-refractivity contribution in [2.24, 2.45) is 0 Å². The number of phenolic OH excluding ortho intramolecular Hbond substituents is 2. The topological polar surface area (TPSA) is 44.3 Å². The Morgan fingerprint density at radius 1 is 0.765 bits per heavy atom. The van der Waals surface area contributed by atoms with Crippen LogP contribution < -0.4 is 4.57 Å². The van der Waals surface area contributed by atoms with Crippen LogP contribution in [-0.4, -0.2) is 10.2 Å². The van der Waals surface area contributed by atoms with E-state index in [1.807, 2.05) is 35.2 Å². The number of pyridine rings is 1. The van der Waals surface area contributed by atoms with Crippen molar-refractivity contribution in [2.45, 2.75) is 0 Å². The van der Waals surface area contributed by atoms with Gasteiger partial charge in [0.05, 0.1) is 4.47 Å². The van der Waals surface area contributed by atoms with Gasteiger partial charge in [-0.15, -0.1) is 0 Å². The molecule has 0 amide bonds. The normalized spacial score (nSPS) is 10.5. The van der Waals surface area contributed by atoms with Gasteiger partial charge < -0.3 is 10.2 Å². The summed E-state index contributed by atoms with van der Waals surface area (Å²) in [6.07, 6.45) is 3.68. The third kappa shape index (κ3) is 2.21. The minimum Gasteiger partial charge on any atom is -0.503 e. The maximum Gasteiger partial charge on any atom is 0.244 e. The molecule has 0 aliphatic heterocycles. The van der Waals surface area contributed by atoms with E-state index in [1.165, 1.54) is 0 Å². The molecule has 88 valence electrons. The lowest BCUT2D eigenvalue weighted by molar-refractivity contribution is -0.597. The number of hydrogen-bond donors (Lipinski definition) is 2. The minimum absolute atomic E-state index is 0.202. The summed E-state index contributed by atoms with van der Waals surface area (Å²) in [5.74, 6) is -0.407. The van der Waals surface area contributed by atoms with Gasteiger partial charge in [0, 0.05) is 12.1 Å². The molecule has 0 atom stereocenters. The molecule has 2 rings (SSSR count). The monoisotopic (exact) mass is 422 g/mol. The summed E-state index contributed by atoms with van der Waals surface area (Å²) in [6.45, 7) is 0. The zero-order chi connectivity index (χ0) is 12.6. The van der Waals surface area contributed by atoms with E-state index in [4.69, 9.17) is 0 Å². The number of aromatic hydroxyl groups is 2. The molecule has 0 spiro atoms. The summed E-state index contributed by atoms with van der Waals surface area (Å²) in [4.78, 5) is 0. The second-order valence-electron chi connectivity index (χ2n) is 3.27. The van der Waals surface area contributed by atoms with Crippen molar-refractivity contribution >= 4 is 47.8 Å². The van der Waals surface area contributed by atoms with E-state index in [0.29, 0.717) is 19.1 Å². The van der Waals surface area contributed by atoms with Crippen LogP contribution in [0.15, 0.2) is 44.0 Å². The Labute approximate surface area is 123 Å². The molecule has 1 heterocycles. The summed E-state index contributed by atoms with van der Waals surface area (Å²) >= 11 is 9.88. The number of halogens is 3. The van der Waals surface area contributed by atoms with Gasteiger partial charge >= 0.3 is 0 Å². The SMILES string of the molecule is Oc1c(O)c(Br)c(-[n+]2ccccc2)c(Br)c1Br. The molecule has 0 fully saturated rings. The van der Waals surface area contributed by atoms with Crippen molar-refractivity contribution in [3.8, 4) is 17.2 Å². The molecule has 0 aliphatic rings. The Morgan fingerprint density at radius 2 is 1.29 bits per heavy atom. The van der Waals surface area contributed by atoms with Crippen molar-refractivity contribution in [3.63, 3.8) is 0 Å². The number of nitrogens with zero attached hydrogens (tertiary/aromatic N) is 1. The molecule has 1 aromatic heterocycles. The van der Waals surface area contributed by atoms with Gasteiger partial charge in [0.2, 0.25) is 5.69 Å². The predicted molar refractivity (Wildman–Crippen MR) is 74.4 cm³/mol. The molecule has 2 aromatic rings. The number of aromatic nitrogens is 1. The van der Waals surface area contributed by atoms with Gasteiger partial charge in [0.1, 0.15) is 8.95 Å². The van der Waals surface area contributed by atoms with E-state index in [2.05, 4.69) is 47.8 Å². The van der Waals surface area contributed by atoms with E-state index in [-0.39, 0.29) is 11.5 Å². The van der Waals surface area contributed by atoms with Crippen molar-refractivity contribution in [1.82, 2.24) is 0 Å². The fraction of sp³-hybridized carbons (Fsp3) is 0. The molecule has 0 radical (unpaired) electrons. The molecule has 17 heavy (non-hydrogen) atoms. The molecule has 6 heteroatoms. The summed E-state index contributed by atoms with van der Waals surface area (Å²) in [7, 11) is 0. The van der Waals surface area contributed by atoms with E-state index < -0.39 is 0 Å². The van der Waals surface area contributed by atoms with Crippen LogP contribution in [0.25, 0.3) is 5.69 Å². The molecule has 0 bridgehead atoms. The van der Waals surface area contributed by atoms with Crippen LogP contribution in [-0.2, 0) is 0 Å². The first-order valence-corrected chi connectivity index (χ1v) is 6.97. The highest BCUT2D eigenvalue weighted by Crippen LogP contribution is 2.46. The van der Waals surface area contributed by atoms with E-state index in [9.17, 15) is 10.2 Å². The average molecular weight is 425 g/mol. The number of hydrogen-bond acceptors (Lipinski definition) is 2. The Morgan fingerprint density at radius 3 is 1.88 bits per heavy atom. The van der Waals surface area contributed by atoms with Gasteiger partial charge in [-0.3, -0.25) is 0 Å². The number of benzene rings is 1. The van der Waals surface area contributed by atoms with Crippen LogP contribution in [0.4, 0.5) is 0 Å². The van der Waals surface area contributed by atoms with Crippen molar-refractivity contribution in [1.29, 1.82) is 0 Å². The average Bonchev–Trinajstić information content (AvgIpc) is 2.36. The Hall–Kier alpha value is -0.590. The van der Waals surface area contributed by atoms with Gasteiger partial charge in [-0.05, 0) is 47.8 Å². The third-order valence-corrected chi connectivity index (χ3v) is 5.05. The highest BCUT2D eigenvalue weighted by atomic mass is 79.9. The van der Waals surface area contributed by atoms with Crippen LogP contribution in [0.3, 0.4) is 0 Å². The molecule has 1 aromatic carbocycles. The second-order valence-corrected chi connectivity index (χ2v) is 5.65. The molecule has 0 saturated carbocycles. The molecular formula is C11H7Br3NO2+. The van der Waals surface area contributed by atoms with Gasteiger partial charge in [0.15, 0.2) is 23.9 Å². The number of phenols is 2. The van der Waals surface area contributed by atoms with Crippen LogP contribution in [0.5, 0.6) is 11.5 Å². The fourth-order valence-corrected chi connectivity index (χ4v) is 3.22. The van der Waals surface area contributed by atoms with E-state index >= 15 is 0 Å². The highest BCUT2D eigenvalue weighted by Gasteiger charge is 2.25. The third-order valence-electron chi connectivity index (χ3n) is 2.22. The van der Waals surface area contributed by atoms with E-state index in [1.54, 1.807) is 0 Å². The predicted octanol–water partition coefficient (Wildman–Crippen LogP) is 3.66. The fourth-order valence-electron chi connectivity index (χ4n) is 1.40. The molecule has 3 nitrogen and oxygen atoms in total. The summed E-state index contributed by atoms with van der Waals surface area (Å²) in [5, 5.41) is 19.5. The molecule has 0 aliphatic carbocycles. The van der Waals surface area contributed by atoms with Gasteiger partial charge in [0.25, 0.3) is 0 Å². The maximum atomic E-state index is 9.79. The van der Waals surface area contributed by atoms with Crippen LogP contribution in [0, 0.1) is 0 Å². The Balaban J connectivity index is 2.80. The first-order chi connectivity index (χ1) is 8.04. The Bertz CT molecular complexity index is 544. The molecule has 0 unspecified atom stereocenters. The van der Waals surface area contributed by atoms with Crippen LogP contribution >= 0.6 is 47.8 Å². The lowest BCUT2D eigenvalue weighted by Crippen LogP contribution is -2.30. The zero-order valence-electron chi connectivity index (χ0n) is 8.36. The van der Waals surface area contributed by atoms with Gasteiger partial charge in [-0.25, -0.2) is 0 Å².